The Hall–Kier alpha value is -3.67. The van der Waals surface area contributed by atoms with Crippen LogP contribution in [0.25, 0.3) is 11.0 Å². The number of nitrogens with one attached hydrogen (secondary N) is 1. The van der Waals surface area contributed by atoms with Gasteiger partial charge in [-0.05, 0) is 13.0 Å². The van der Waals surface area contributed by atoms with Crippen molar-refractivity contribution < 1.29 is 4.79 Å². The van der Waals surface area contributed by atoms with Crippen molar-refractivity contribution in [3.05, 3.63) is 47.1 Å². The molecule has 0 spiro atoms. The second-order valence-electron chi connectivity index (χ2n) is 7.33. The van der Waals surface area contributed by atoms with Crippen molar-refractivity contribution in [3.8, 4) is 0 Å². The highest BCUT2D eigenvalue weighted by atomic mass is 32.1. The van der Waals surface area contributed by atoms with E-state index in [1.807, 2.05) is 13.0 Å². The Kier molecular flexibility index (Phi) is 5.58. The van der Waals surface area contributed by atoms with Crippen molar-refractivity contribution >= 4 is 40.0 Å². The Bertz CT molecular complexity index is 1220. The zero-order valence-electron chi connectivity index (χ0n) is 17.5. The zero-order chi connectivity index (χ0) is 21.9. The van der Waals surface area contributed by atoms with Gasteiger partial charge in [-0.1, -0.05) is 0 Å². The highest BCUT2D eigenvalue weighted by Gasteiger charge is 2.22. The first-order valence-electron chi connectivity index (χ1n) is 10.3. The van der Waals surface area contributed by atoms with Crippen LogP contribution < -0.4 is 15.1 Å². The molecule has 0 saturated carbocycles. The van der Waals surface area contributed by atoms with E-state index in [-0.39, 0.29) is 5.91 Å². The largest absolute Gasteiger partial charge is 0.352 e. The monoisotopic (exact) mass is 450 g/mol. The second-order valence-corrected chi connectivity index (χ2v) is 8.40. The zero-order valence-corrected chi connectivity index (χ0v) is 18.4. The molecule has 0 unspecified atom stereocenters. The molecule has 1 N–H and O–H groups in total. The third-order valence-electron chi connectivity index (χ3n) is 5.29. The fraction of sp³-hybridized carbons (Fsp3) is 0.350. The third kappa shape index (κ3) is 4.08. The predicted octanol–water partition coefficient (Wildman–Crippen LogP) is 1.14. The molecule has 5 rings (SSSR count). The summed E-state index contributed by atoms with van der Waals surface area (Å²) in [5.74, 6) is 1.45. The molecule has 0 bridgehead atoms. The van der Waals surface area contributed by atoms with Crippen LogP contribution in [0.15, 0.2) is 36.4 Å². The van der Waals surface area contributed by atoms with Gasteiger partial charge in [-0.2, -0.15) is 5.10 Å². The minimum atomic E-state index is -0.179. The molecular weight excluding hydrogens is 428 g/mol. The normalized spacial score (nSPS) is 14.2. The van der Waals surface area contributed by atoms with Crippen LogP contribution in [0.3, 0.4) is 0 Å². The molecule has 1 aliphatic rings. The highest BCUT2D eigenvalue weighted by molar-refractivity contribution is 7.09. The number of carbonyl (C=O) groups is 1. The van der Waals surface area contributed by atoms with Crippen molar-refractivity contribution in [2.24, 2.45) is 0 Å². The van der Waals surface area contributed by atoms with Crippen LogP contribution >= 0.6 is 11.3 Å². The number of thiazole rings is 1. The van der Waals surface area contributed by atoms with Crippen LogP contribution in [0.1, 0.15) is 15.5 Å². The summed E-state index contributed by atoms with van der Waals surface area (Å²) in [5.41, 5.74) is 1.20. The molecule has 5 heterocycles. The Labute approximate surface area is 188 Å². The lowest BCUT2D eigenvalue weighted by Crippen LogP contribution is -2.47. The van der Waals surface area contributed by atoms with Crippen LogP contribution in [-0.2, 0) is 6.54 Å². The van der Waals surface area contributed by atoms with Gasteiger partial charge in [0.25, 0.3) is 5.91 Å². The highest BCUT2D eigenvalue weighted by Crippen LogP contribution is 2.24. The van der Waals surface area contributed by atoms with Gasteiger partial charge in [0.2, 0.25) is 5.95 Å². The van der Waals surface area contributed by atoms with E-state index in [0.29, 0.717) is 18.8 Å². The molecule has 1 fully saturated rings. The lowest BCUT2D eigenvalue weighted by atomic mass is 10.3. The number of hydrogen-bond donors (Lipinski definition) is 1. The minimum absolute atomic E-state index is 0.179. The fourth-order valence-electron chi connectivity index (χ4n) is 3.70. The van der Waals surface area contributed by atoms with Gasteiger partial charge in [0, 0.05) is 50.5 Å². The topological polar surface area (TPSA) is 118 Å². The Morgan fingerprint density at radius 2 is 1.88 bits per heavy atom. The molecule has 4 aromatic heterocycles. The number of aromatic nitrogens is 7. The smallest absolute Gasteiger partial charge is 0.270 e. The molecule has 1 amide bonds. The van der Waals surface area contributed by atoms with Gasteiger partial charge < -0.3 is 15.1 Å². The lowest BCUT2D eigenvalue weighted by molar-refractivity contribution is 0.0947. The summed E-state index contributed by atoms with van der Waals surface area (Å²) < 4.78 is 1.79. The van der Waals surface area contributed by atoms with E-state index in [2.05, 4.69) is 45.1 Å². The molecule has 4 aromatic rings. The summed E-state index contributed by atoms with van der Waals surface area (Å²) >= 11 is 1.46. The number of nitrogens with zero attached hydrogens (tertiary/aromatic N) is 9. The fourth-order valence-corrected chi connectivity index (χ4v) is 4.30. The van der Waals surface area contributed by atoms with Crippen LogP contribution in [-0.4, -0.2) is 73.3 Å². The molecule has 0 atom stereocenters. The summed E-state index contributed by atoms with van der Waals surface area (Å²) in [6.07, 6.45) is 6.89. The first kappa shape index (κ1) is 20.2. The Balaban J connectivity index is 1.24. The van der Waals surface area contributed by atoms with E-state index in [1.165, 1.54) is 11.3 Å². The Morgan fingerprint density at radius 1 is 1.09 bits per heavy atom. The van der Waals surface area contributed by atoms with Gasteiger partial charge in [0.15, 0.2) is 5.65 Å². The van der Waals surface area contributed by atoms with E-state index in [9.17, 15) is 4.79 Å². The molecule has 164 valence electrons. The maximum Gasteiger partial charge on any atom is 0.270 e. The van der Waals surface area contributed by atoms with Gasteiger partial charge in [-0.15, -0.1) is 11.3 Å². The van der Waals surface area contributed by atoms with Crippen LogP contribution in [0.5, 0.6) is 0 Å². The average Bonchev–Trinajstić information content (AvgIpc) is 3.46. The maximum atomic E-state index is 12.2. The number of rotatable bonds is 6. The van der Waals surface area contributed by atoms with Gasteiger partial charge in [0.05, 0.1) is 23.1 Å². The first-order chi connectivity index (χ1) is 15.7. The number of amides is 1. The molecular formula is C20H22N10OS. The van der Waals surface area contributed by atoms with Crippen molar-refractivity contribution in [1.82, 2.24) is 40.0 Å². The SMILES string of the molecule is Cc1nc(C(=O)NCCn2ncc3c(N4CCN(c5ncccn5)CC4)ncnc32)cs1. The lowest BCUT2D eigenvalue weighted by Gasteiger charge is -2.35. The maximum absolute atomic E-state index is 12.2. The van der Waals surface area contributed by atoms with Crippen LogP contribution in [0, 0.1) is 6.92 Å². The molecule has 0 aromatic carbocycles. The standard InChI is InChI=1S/C20H22N10OS/c1-14-27-16(12-32-14)19(31)21-5-6-30-18-15(11-26-30)17(24-13-25-18)28-7-9-29(10-8-28)20-22-3-2-4-23-20/h2-4,11-13H,5-10H2,1H3,(H,21,31). The van der Waals surface area contributed by atoms with Crippen molar-refractivity contribution in [3.63, 3.8) is 0 Å². The number of anilines is 2. The predicted molar refractivity (Wildman–Crippen MR) is 121 cm³/mol. The number of piperazine rings is 1. The summed E-state index contributed by atoms with van der Waals surface area (Å²) in [7, 11) is 0. The van der Waals surface area contributed by atoms with E-state index in [0.717, 1.165) is 54.0 Å². The molecule has 1 aliphatic heterocycles. The first-order valence-corrected chi connectivity index (χ1v) is 11.2. The number of carbonyl (C=O) groups excluding carboxylic acids is 1. The average molecular weight is 451 g/mol. The van der Waals surface area contributed by atoms with Crippen LogP contribution in [0.2, 0.25) is 0 Å². The van der Waals surface area contributed by atoms with E-state index >= 15 is 0 Å². The third-order valence-corrected chi connectivity index (χ3v) is 6.06. The summed E-state index contributed by atoms with van der Waals surface area (Å²) in [6, 6.07) is 1.82. The van der Waals surface area contributed by atoms with Gasteiger partial charge in [-0.25, -0.2) is 29.6 Å². The minimum Gasteiger partial charge on any atom is -0.352 e. The second kappa shape index (κ2) is 8.83. The van der Waals surface area contributed by atoms with Gasteiger partial charge in [-0.3, -0.25) is 4.79 Å². The molecule has 0 radical (unpaired) electrons. The number of fused-ring (bicyclic) bond motifs is 1. The summed E-state index contributed by atoms with van der Waals surface area (Å²) in [5, 5.41) is 10.9. The van der Waals surface area contributed by atoms with Crippen molar-refractivity contribution in [1.29, 1.82) is 0 Å². The van der Waals surface area contributed by atoms with Gasteiger partial charge >= 0.3 is 0 Å². The quantitative estimate of drug-likeness (QED) is 0.461. The molecule has 32 heavy (non-hydrogen) atoms. The summed E-state index contributed by atoms with van der Waals surface area (Å²) in [6.45, 7) is 6.05. The van der Waals surface area contributed by atoms with E-state index < -0.39 is 0 Å². The Morgan fingerprint density at radius 3 is 2.62 bits per heavy atom. The number of hydrogen-bond acceptors (Lipinski definition) is 10. The van der Waals surface area contributed by atoms with Gasteiger partial charge in [0.1, 0.15) is 17.8 Å². The molecule has 1 saturated heterocycles. The molecule has 12 heteroatoms. The number of aryl methyl sites for hydroxylation is 1. The van der Waals surface area contributed by atoms with Crippen molar-refractivity contribution in [2.45, 2.75) is 13.5 Å². The van der Waals surface area contributed by atoms with E-state index in [4.69, 9.17) is 0 Å². The summed E-state index contributed by atoms with van der Waals surface area (Å²) in [4.78, 5) is 38.5. The molecule has 0 aliphatic carbocycles. The van der Waals surface area contributed by atoms with E-state index in [1.54, 1.807) is 35.0 Å². The van der Waals surface area contributed by atoms with Crippen molar-refractivity contribution in [2.75, 3.05) is 42.5 Å². The molecule has 11 nitrogen and oxygen atoms in total. The van der Waals surface area contributed by atoms with Crippen LogP contribution in [0.4, 0.5) is 11.8 Å².